The van der Waals surface area contributed by atoms with Crippen molar-refractivity contribution in [2.45, 2.75) is 129 Å². The summed E-state index contributed by atoms with van der Waals surface area (Å²) in [5.74, 6) is -0.666. The van der Waals surface area contributed by atoms with Gasteiger partial charge in [-0.15, -0.1) is 0 Å². The Bertz CT molecular complexity index is 266. The predicted octanol–water partition coefficient (Wildman–Crippen LogP) is 6.47. The molecule has 1 atom stereocenters. The van der Waals surface area contributed by atoms with E-state index in [1.165, 1.54) is 83.5 Å². The van der Waals surface area contributed by atoms with E-state index in [2.05, 4.69) is 6.92 Å². The van der Waals surface area contributed by atoms with E-state index in [0.717, 1.165) is 25.7 Å². The molecule has 0 heterocycles. The number of hydrogen-bond acceptors (Lipinski definition) is 2. The Balaban J connectivity index is 3.08. The highest BCUT2D eigenvalue weighted by molar-refractivity contribution is 5.66. The number of aliphatic hydroxyl groups excluding tert-OH is 1. The quantitative estimate of drug-likeness (QED) is 0.264. The van der Waals surface area contributed by atoms with Gasteiger partial charge in [0.15, 0.2) is 0 Å². The molecule has 0 aliphatic carbocycles. The van der Waals surface area contributed by atoms with Crippen LogP contribution in [0.25, 0.3) is 0 Å². The number of carbonyl (C=O) groups is 1. The molecule has 3 heteroatoms. The van der Waals surface area contributed by atoms with Crippen LogP contribution in [0.2, 0.25) is 0 Å². The van der Waals surface area contributed by atoms with E-state index in [-0.39, 0.29) is 6.10 Å². The fourth-order valence-corrected chi connectivity index (χ4v) is 3.20. The van der Waals surface area contributed by atoms with Gasteiger partial charge in [-0.25, -0.2) is 0 Å². The third kappa shape index (κ3) is 19.5. The highest BCUT2D eigenvalue weighted by atomic mass is 16.4. The van der Waals surface area contributed by atoms with E-state index in [1.54, 1.807) is 0 Å². The van der Waals surface area contributed by atoms with Crippen molar-refractivity contribution in [3.8, 4) is 0 Å². The van der Waals surface area contributed by atoms with Crippen molar-refractivity contribution in [2.75, 3.05) is 0 Å². The lowest BCUT2D eigenvalue weighted by Crippen LogP contribution is -2.05. The van der Waals surface area contributed by atoms with Gasteiger partial charge in [0.2, 0.25) is 0 Å². The molecule has 0 aliphatic rings. The predicted molar refractivity (Wildman–Crippen MR) is 102 cm³/mol. The Morgan fingerprint density at radius 3 is 1.46 bits per heavy atom. The first-order chi connectivity index (χ1) is 11.7. The van der Waals surface area contributed by atoms with Gasteiger partial charge < -0.3 is 10.2 Å². The fraction of sp³-hybridized carbons (Fsp3) is 0.952. The largest absolute Gasteiger partial charge is 0.481 e. The van der Waals surface area contributed by atoms with E-state index in [4.69, 9.17) is 5.11 Å². The molecule has 0 fully saturated rings. The van der Waals surface area contributed by atoms with Crippen LogP contribution in [0.5, 0.6) is 0 Å². The van der Waals surface area contributed by atoms with Crippen LogP contribution in [-0.2, 0) is 4.79 Å². The second kappa shape index (κ2) is 18.8. The Kier molecular flexibility index (Phi) is 18.3. The van der Waals surface area contributed by atoms with Crippen LogP contribution in [0.4, 0.5) is 0 Å². The minimum Gasteiger partial charge on any atom is -0.481 e. The van der Waals surface area contributed by atoms with E-state index in [0.29, 0.717) is 6.42 Å². The third-order valence-electron chi connectivity index (χ3n) is 4.82. The Morgan fingerprint density at radius 2 is 1.04 bits per heavy atom. The lowest BCUT2D eigenvalue weighted by molar-refractivity contribution is -0.137. The van der Waals surface area contributed by atoms with Gasteiger partial charge in [-0.1, -0.05) is 96.8 Å². The van der Waals surface area contributed by atoms with Crippen molar-refractivity contribution in [1.82, 2.24) is 0 Å². The van der Waals surface area contributed by atoms with Gasteiger partial charge in [0, 0.05) is 6.42 Å². The molecule has 0 aromatic carbocycles. The summed E-state index contributed by atoms with van der Waals surface area (Å²) < 4.78 is 0. The zero-order chi connectivity index (χ0) is 17.9. The molecule has 2 N–H and O–H groups in total. The molecule has 0 saturated carbocycles. The molecule has 0 saturated heterocycles. The monoisotopic (exact) mass is 342 g/mol. The van der Waals surface area contributed by atoms with Crippen molar-refractivity contribution in [3.63, 3.8) is 0 Å². The lowest BCUT2D eigenvalue weighted by Gasteiger charge is -2.09. The van der Waals surface area contributed by atoms with Gasteiger partial charge in [-0.2, -0.15) is 0 Å². The van der Waals surface area contributed by atoms with E-state index in [9.17, 15) is 9.90 Å². The molecule has 1 unspecified atom stereocenters. The van der Waals surface area contributed by atoms with Crippen molar-refractivity contribution < 1.29 is 15.0 Å². The van der Waals surface area contributed by atoms with Crippen molar-refractivity contribution in [2.24, 2.45) is 0 Å². The minimum atomic E-state index is -0.666. The zero-order valence-electron chi connectivity index (χ0n) is 16.1. The van der Waals surface area contributed by atoms with Gasteiger partial charge in [0.1, 0.15) is 0 Å². The molecular weight excluding hydrogens is 300 g/mol. The SMILES string of the molecule is CCCCCC(O)CCCCCCCCCCCCCCC(=O)O. The maximum atomic E-state index is 10.4. The molecule has 24 heavy (non-hydrogen) atoms. The molecule has 0 aromatic rings. The Morgan fingerprint density at radius 1 is 0.667 bits per heavy atom. The third-order valence-corrected chi connectivity index (χ3v) is 4.82. The summed E-state index contributed by atoms with van der Waals surface area (Å²) in [6.07, 6.45) is 20.7. The average molecular weight is 343 g/mol. The molecule has 0 aliphatic heterocycles. The summed E-state index contributed by atoms with van der Waals surface area (Å²) >= 11 is 0. The van der Waals surface area contributed by atoms with Crippen LogP contribution in [0.1, 0.15) is 122 Å². The average Bonchev–Trinajstić information content (AvgIpc) is 2.55. The highest BCUT2D eigenvalue weighted by Gasteiger charge is 2.03. The van der Waals surface area contributed by atoms with Gasteiger partial charge >= 0.3 is 5.97 Å². The van der Waals surface area contributed by atoms with E-state index < -0.39 is 5.97 Å². The van der Waals surface area contributed by atoms with Crippen LogP contribution in [0.15, 0.2) is 0 Å². The summed E-state index contributed by atoms with van der Waals surface area (Å²) in [6.45, 7) is 2.20. The van der Waals surface area contributed by atoms with Crippen LogP contribution in [0.3, 0.4) is 0 Å². The van der Waals surface area contributed by atoms with Crippen LogP contribution in [0, 0.1) is 0 Å². The number of carboxylic acid groups (broad SMARTS) is 1. The summed E-state index contributed by atoms with van der Waals surface area (Å²) in [7, 11) is 0. The summed E-state index contributed by atoms with van der Waals surface area (Å²) in [5, 5.41) is 18.4. The summed E-state index contributed by atoms with van der Waals surface area (Å²) in [6, 6.07) is 0. The molecular formula is C21H42O3. The Labute approximate surface area is 150 Å². The number of aliphatic carboxylic acids is 1. The van der Waals surface area contributed by atoms with Crippen molar-refractivity contribution >= 4 is 5.97 Å². The Hall–Kier alpha value is -0.570. The van der Waals surface area contributed by atoms with Gasteiger partial charge in [0.25, 0.3) is 0 Å². The van der Waals surface area contributed by atoms with Gasteiger partial charge in [-0.05, 0) is 19.3 Å². The number of carboxylic acids is 1. The molecule has 3 nitrogen and oxygen atoms in total. The van der Waals surface area contributed by atoms with Gasteiger partial charge in [0.05, 0.1) is 6.10 Å². The number of aliphatic hydroxyl groups is 1. The molecule has 144 valence electrons. The molecule has 0 aromatic heterocycles. The number of rotatable bonds is 19. The molecule has 0 spiro atoms. The maximum Gasteiger partial charge on any atom is 0.303 e. The first kappa shape index (κ1) is 23.4. The fourth-order valence-electron chi connectivity index (χ4n) is 3.20. The normalized spacial score (nSPS) is 12.4. The molecule has 0 rings (SSSR count). The van der Waals surface area contributed by atoms with Crippen LogP contribution < -0.4 is 0 Å². The maximum absolute atomic E-state index is 10.4. The molecule has 0 amide bonds. The lowest BCUT2D eigenvalue weighted by atomic mass is 10.0. The summed E-state index contributed by atoms with van der Waals surface area (Å²) in [5.41, 5.74) is 0. The first-order valence-corrected chi connectivity index (χ1v) is 10.6. The highest BCUT2D eigenvalue weighted by Crippen LogP contribution is 2.14. The standard InChI is InChI=1S/C21H42O3/c1-2-3-14-17-20(22)18-15-12-10-8-6-4-5-7-9-11-13-16-19-21(23)24/h20,22H,2-19H2,1H3,(H,23,24). The van der Waals surface area contributed by atoms with Crippen LogP contribution >= 0.6 is 0 Å². The number of hydrogen-bond donors (Lipinski definition) is 2. The van der Waals surface area contributed by atoms with Gasteiger partial charge in [-0.3, -0.25) is 4.79 Å². The van der Waals surface area contributed by atoms with Crippen LogP contribution in [-0.4, -0.2) is 22.3 Å². The zero-order valence-corrected chi connectivity index (χ0v) is 16.1. The first-order valence-electron chi connectivity index (χ1n) is 10.6. The topological polar surface area (TPSA) is 57.5 Å². The van der Waals surface area contributed by atoms with E-state index >= 15 is 0 Å². The number of unbranched alkanes of at least 4 members (excludes halogenated alkanes) is 13. The minimum absolute atomic E-state index is 0.0629. The molecule has 0 bridgehead atoms. The van der Waals surface area contributed by atoms with Crippen molar-refractivity contribution in [3.05, 3.63) is 0 Å². The van der Waals surface area contributed by atoms with Crippen molar-refractivity contribution in [1.29, 1.82) is 0 Å². The summed E-state index contributed by atoms with van der Waals surface area (Å²) in [4.78, 5) is 10.4. The second-order valence-corrected chi connectivity index (χ2v) is 7.32. The van der Waals surface area contributed by atoms with E-state index in [1.807, 2.05) is 0 Å². The smallest absolute Gasteiger partial charge is 0.303 e. The molecule has 0 radical (unpaired) electrons. The second-order valence-electron chi connectivity index (χ2n) is 7.32.